The minimum absolute atomic E-state index is 0.0875. The number of nitrogens with zero attached hydrogens (tertiary/aromatic N) is 1. The third-order valence-electron chi connectivity index (χ3n) is 3.53. The molecule has 2 rings (SSSR count). The van der Waals surface area contributed by atoms with Crippen LogP contribution in [0, 0.1) is 5.82 Å². The molecule has 1 amide bonds. The maximum Gasteiger partial charge on any atom is 0.277 e. The van der Waals surface area contributed by atoms with Gasteiger partial charge in [-0.25, -0.2) is 17.5 Å². The van der Waals surface area contributed by atoms with Crippen molar-refractivity contribution in [1.29, 1.82) is 0 Å². The topological polar surface area (TPSA) is 66.5 Å². The second-order valence-corrected chi connectivity index (χ2v) is 6.50. The summed E-state index contributed by atoms with van der Waals surface area (Å²) in [6, 6.07) is 2.95. The van der Waals surface area contributed by atoms with Crippen LogP contribution in [0.1, 0.15) is 37.3 Å². The maximum atomic E-state index is 14.3. The van der Waals surface area contributed by atoms with E-state index < -0.39 is 15.7 Å². The molecule has 112 valence electrons. The zero-order chi connectivity index (χ0) is 15.8. The van der Waals surface area contributed by atoms with Gasteiger partial charge < -0.3 is 4.90 Å². The van der Waals surface area contributed by atoms with Crippen molar-refractivity contribution in [3.63, 3.8) is 0 Å². The molecule has 0 spiro atoms. The predicted molar refractivity (Wildman–Crippen MR) is 79.0 cm³/mol. The first-order valence-electron chi connectivity index (χ1n) is 6.63. The summed E-state index contributed by atoms with van der Waals surface area (Å²) in [5, 5.41) is 0. The third-order valence-corrected chi connectivity index (χ3v) is 4.08. The van der Waals surface area contributed by atoms with Crippen LogP contribution in [-0.4, -0.2) is 28.0 Å². The van der Waals surface area contributed by atoms with Crippen molar-refractivity contribution < 1.29 is 17.6 Å². The SMILES string of the molecule is [B]S(=O)(=O)NCc1cc(F)c2c(c1)C(C)CC(=O)N2CC. The number of nitrogens with one attached hydrogen (secondary N) is 1. The van der Waals surface area contributed by atoms with Crippen molar-refractivity contribution in [2.24, 2.45) is 0 Å². The molecule has 0 fully saturated rings. The number of fused-ring (bicyclic) bond motifs is 1. The van der Waals surface area contributed by atoms with Crippen LogP contribution in [0.3, 0.4) is 0 Å². The Balaban J connectivity index is 2.42. The molecular formula is C13H16BFN2O3S. The number of hydrogen-bond donors (Lipinski definition) is 1. The fourth-order valence-electron chi connectivity index (χ4n) is 2.57. The highest BCUT2D eigenvalue weighted by Gasteiger charge is 2.30. The van der Waals surface area contributed by atoms with E-state index in [-0.39, 0.29) is 18.4 Å². The van der Waals surface area contributed by atoms with Crippen molar-refractivity contribution in [2.45, 2.75) is 32.7 Å². The summed E-state index contributed by atoms with van der Waals surface area (Å²) < 4.78 is 38.3. The monoisotopic (exact) mass is 310 g/mol. The van der Waals surface area contributed by atoms with Gasteiger partial charge in [-0.05, 0) is 30.0 Å². The summed E-state index contributed by atoms with van der Waals surface area (Å²) in [5.41, 5.74) is 1.47. The van der Waals surface area contributed by atoms with Crippen molar-refractivity contribution in [3.05, 3.63) is 29.1 Å². The number of benzene rings is 1. The highest BCUT2D eigenvalue weighted by molar-refractivity contribution is 8.10. The zero-order valence-electron chi connectivity index (χ0n) is 11.9. The van der Waals surface area contributed by atoms with Gasteiger partial charge in [-0.15, -0.1) is 0 Å². The predicted octanol–water partition coefficient (Wildman–Crippen LogP) is 1.19. The van der Waals surface area contributed by atoms with Crippen LogP contribution in [0.15, 0.2) is 12.1 Å². The molecule has 1 aliphatic rings. The molecule has 1 aliphatic heterocycles. The first-order valence-corrected chi connectivity index (χ1v) is 8.17. The summed E-state index contributed by atoms with van der Waals surface area (Å²) >= 11 is 0. The Labute approximate surface area is 124 Å². The third kappa shape index (κ3) is 3.44. The van der Waals surface area contributed by atoms with E-state index in [9.17, 15) is 17.6 Å². The van der Waals surface area contributed by atoms with Gasteiger partial charge in [-0.2, -0.15) is 0 Å². The van der Waals surface area contributed by atoms with Crippen LogP contribution in [-0.2, 0) is 21.2 Å². The van der Waals surface area contributed by atoms with Crippen LogP contribution in [0.5, 0.6) is 0 Å². The van der Waals surface area contributed by atoms with Crippen molar-refractivity contribution >= 4 is 28.6 Å². The maximum absolute atomic E-state index is 14.3. The van der Waals surface area contributed by atoms with Gasteiger partial charge >= 0.3 is 0 Å². The number of carbonyl (C=O) groups excluding carboxylic acids is 1. The number of anilines is 1. The fourth-order valence-corrected chi connectivity index (χ4v) is 2.93. The number of hydrogen-bond acceptors (Lipinski definition) is 3. The van der Waals surface area contributed by atoms with E-state index in [1.165, 1.54) is 11.0 Å². The smallest absolute Gasteiger partial charge is 0.277 e. The Morgan fingerprint density at radius 2 is 2.14 bits per heavy atom. The molecule has 0 bridgehead atoms. The van der Waals surface area contributed by atoms with Crippen molar-refractivity contribution in [1.82, 2.24) is 4.72 Å². The largest absolute Gasteiger partial charge is 0.310 e. The molecule has 0 aliphatic carbocycles. The second kappa shape index (κ2) is 5.77. The summed E-state index contributed by atoms with van der Waals surface area (Å²) in [6.07, 6.45) is 0.312. The summed E-state index contributed by atoms with van der Waals surface area (Å²) in [7, 11) is 1.03. The highest BCUT2D eigenvalue weighted by Crippen LogP contribution is 2.38. The molecule has 2 radical (unpaired) electrons. The van der Waals surface area contributed by atoms with Crippen LogP contribution in [0.4, 0.5) is 10.1 Å². The van der Waals surface area contributed by atoms with Crippen molar-refractivity contribution in [3.8, 4) is 0 Å². The molecule has 1 aromatic carbocycles. The van der Waals surface area contributed by atoms with E-state index in [2.05, 4.69) is 4.72 Å². The second-order valence-electron chi connectivity index (χ2n) is 5.12. The lowest BCUT2D eigenvalue weighted by Gasteiger charge is -2.32. The molecule has 8 heteroatoms. The number of rotatable bonds is 4. The Bertz CT molecular complexity index is 678. The first-order chi connectivity index (χ1) is 9.73. The quantitative estimate of drug-likeness (QED) is 0.850. The van der Waals surface area contributed by atoms with E-state index in [0.29, 0.717) is 29.8 Å². The Hall–Kier alpha value is -1.41. The molecule has 5 nitrogen and oxygen atoms in total. The van der Waals surface area contributed by atoms with Gasteiger partial charge in [0.1, 0.15) is 15.7 Å². The lowest BCUT2D eigenvalue weighted by atomic mass is 9.89. The Morgan fingerprint density at radius 1 is 1.48 bits per heavy atom. The Morgan fingerprint density at radius 3 is 2.71 bits per heavy atom. The molecule has 1 N–H and O–H groups in total. The van der Waals surface area contributed by atoms with Gasteiger partial charge in [-0.1, -0.05) is 13.0 Å². The van der Waals surface area contributed by atoms with E-state index in [1.54, 1.807) is 13.0 Å². The van der Waals surface area contributed by atoms with E-state index in [0.717, 1.165) is 0 Å². The minimum atomic E-state index is -3.83. The molecule has 0 saturated carbocycles. The zero-order valence-corrected chi connectivity index (χ0v) is 12.7. The molecule has 1 heterocycles. The van der Waals surface area contributed by atoms with E-state index >= 15 is 0 Å². The molecule has 1 atom stereocenters. The highest BCUT2D eigenvalue weighted by atomic mass is 32.2. The van der Waals surface area contributed by atoms with Gasteiger partial charge in [0.25, 0.3) is 7.12 Å². The molecule has 1 unspecified atom stereocenters. The van der Waals surface area contributed by atoms with Crippen LogP contribution in [0.25, 0.3) is 0 Å². The summed E-state index contributed by atoms with van der Waals surface area (Å²) in [5.74, 6) is -0.744. The molecule has 21 heavy (non-hydrogen) atoms. The number of amides is 1. The van der Waals surface area contributed by atoms with E-state index in [4.69, 9.17) is 7.12 Å². The minimum Gasteiger partial charge on any atom is -0.310 e. The van der Waals surface area contributed by atoms with Crippen LogP contribution in [0.2, 0.25) is 0 Å². The lowest BCUT2D eigenvalue weighted by molar-refractivity contribution is -0.119. The van der Waals surface area contributed by atoms with E-state index in [1.807, 2.05) is 6.92 Å². The molecular weight excluding hydrogens is 294 g/mol. The summed E-state index contributed by atoms with van der Waals surface area (Å²) in [4.78, 5) is 13.4. The standard InChI is InChI=1S/C13H16BFN2O3S/c1-3-17-12(18)4-8(2)10-5-9(6-11(15)13(10)17)7-16-21(14,19)20/h5-6,8,16H,3-4,7H2,1-2H3. The normalized spacial score (nSPS) is 18.7. The van der Waals surface area contributed by atoms with Gasteiger partial charge in [-0.3, -0.25) is 4.79 Å². The number of halogens is 1. The first kappa shape index (κ1) is 16.0. The van der Waals surface area contributed by atoms with Gasteiger partial charge in [0.15, 0.2) is 0 Å². The molecule has 1 aromatic rings. The van der Waals surface area contributed by atoms with Crippen LogP contribution >= 0.6 is 0 Å². The fraction of sp³-hybridized carbons (Fsp3) is 0.462. The number of carbonyl (C=O) groups is 1. The van der Waals surface area contributed by atoms with Crippen LogP contribution < -0.4 is 9.62 Å². The Kier molecular flexibility index (Phi) is 4.39. The van der Waals surface area contributed by atoms with Crippen molar-refractivity contribution in [2.75, 3.05) is 11.4 Å². The van der Waals surface area contributed by atoms with Gasteiger partial charge in [0, 0.05) is 19.5 Å². The lowest BCUT2D eigenvalue weighted by Crippen LogP contribution is -2.37. The molecule has 0 saturated heterocycles. The summed E-state index contributed by atoms with van der Waals surface area (Å²) in [6.45, 7) is 3.94. The average Bonchev–Trinajstić information content (AvgIpc) is 2.37. The van der Waals surface area contributed by atoms with Gasteiger partial charge in [0.2, 0.25) is 5.91 Å². The van der Waals surface area contributed by atoms with Gasteiger partial charge in [0.05, 0.1) is 5.69 Å². The average molecular weight is 310 g/mol. The molecule has 0 aromatic heterocycles.